The number of carbonyl (C=O) groups is 1. The summed E-state index contributed by atoms with van der Waals surface area (Å²) in [4.78, 5) is 25.9. The Morgan fingerprint density at radius 1 is 1.16 bits per heavy atom. The van der Waals surface area contributed by atoms with Crippen LogP contribution in [0.15, 0.2) is 30.3 Å². The van der Waals surface area contributed by atoms with Gasteiger partial charge in [-0.05, 0) is 18.4 Å². The smallest absolute Gasteiger partial charge is 0.253 e. The van der Waals surface area contributed by atoms with Gasteiger partial charge >= 0.3 is 0 Å². The van der Waals surface area contributed by atoms with E-state index in [9.17, 15) is 10.0 Å². The number of amides is 1. The molecule has 1 fully saturated rings. The largest absolute Gasteiger partial charge is 0.369 e. The Hall–Kier alpha value is -2.94. The Labute approximate surface area is 145 Å². The highest BCUT2D eigenvalue weighted by Gasteiger charge is 2.25. The minimum atomic E-state index is -0.266. The molecule has 0 unspecified atom stereocenters. The van der Waals surface area contributed by atoms with Crippen LogP contribution in [-0.4, -0.2) is 39.2 Å². The SMILES string of the molecule is NC(=O)C1CCN(c2nc(NO)nc(NCc3ccccc3)n2)CC1. The maximum atomic E-state index is 11.3. The molecule has 1 amide bonds. The summed E-state index contributed by atoms with van der Waals surface area (Å²) in [6, 6.07) is 9.86. The van der Waals surface area contributed by atoms with Crippen molar-refractivity contribution in [3.8, 4) is 0 Å². The summed E-state index contributed by atoms with van der Waals surface area (Å²) in [6.45, 7) is 1.81. The lowest BCUT2D eigenvalue weighted by atomic mass is 9.96. The van der Waals surface area contributed by atoms with Crippen LogP contribution in [0.5, 0.6) is 0 Å². The summed E-state index contributed by atoms with van der Waals surface area (Å²) in [6.07, 6.45) is 1.32. The predicted molar refractivity (Wildman–Crippen MR) is 93.1 cm³/mol. The first-order valence-electron chi connectivity index (χ1n) is 8.14. The molecule has 9 heteroatoms. The van der Waals surface area contributed by atoms with Crippen LogP contribution in [-0.2, 0) is 11.3 Å². The molecule has 0 radical (unpaired) electrons. The van der Waals surface area contributed by atoms with Gasteiger partial charge in [-0.2, -0.15) is 15.0 Å². The topological polar surface area (TPSA) is 129 Å². The van der Waals surface area contributed by atoms with Crippen LogP contribution in [0, 0.1) is 5.92 Å². The number of benzene rings is 1. The van der Waals surface area contributed by atoms with Crippen LogP contribution in [0.2, 0.25) is 0 Å². The zero-order valence-electron chi connectivity index (χ0n) is 13.7. The van der Waals surface area contributed by atoms with E-state index < -0.39 is 0 Å². The third-order valence-corrected chi connectivity index (χ3v) is 4.20. The van der Waals surface area contributed by atoms with Gasteiger partial charge in [-0.25, -0.2) is 5.48 Å². The molecule has 1 aliphatic rings. The number of nitrogens with two attached hydrogens (primary N) is 1. The van der Waals surface area contributed by atoms with Gasteiger partial charge in [0.05, 0.1) is 0 Å². The van der Waals surface area contributed by atoms with E-state index in [0.717, 1.165) is 5.56 Å². The van der Waals surface area contributed by atoms with E-state index in [1.807, 2.05) is 40.7 Å². The van der Waals surface area contributed by atoms with Gasteiger partial charge in [-0.15, -0.1) is 0 Å². The van der Waals surface area contributed by atoms with E-state index in [-0.39, 0.29) is 17.8 Å². The molecule has 1 aromatic heterocycles. The van der Waals surface area contributed by atoms with Crippen molar-refractivity contribution >= 4 is 23.8 Å². The summed E-state index contributed by atoms with van der Waals surface area (Å²) in [5, 5.41) is 12.3. The van der Waals surface area contributed by atoms with Gasteiger partial charge in [-0.3, -0.25) is 10.0 Å². The number of hydrogen-bond acceptors (Lipinski definition) is 8. The maximum Gasteiger partial charge on any atom is 0.253 e. The highest BCUT2D eigenvalue weighted by atomic mass is 16.5. The van der Waals surface area contributed by atoms with Crippen molar-refractivity contribution in [3.63, 3.8) is 0 Å². The molecule has 3 rings (SSSR count). The molecule has 1 aliphatic heterocycles. The molecule has 132 valence electrons. The van der Waals surface area contributed by atoms with E-state index in [0.29, 0.717) is 44.4 Å². The highest BCUT2D eigenvalue weighted by Crippen LogP contribution is 2.22. The molecule has 0 spiro atoms. The molecule has 1 aromatic carbocycles. The van der Waals surface area contributed by atoms with Crippen molar-refractivity contribution in [2.45, 2.75) is 19.4 Å². The van der Waals surface area contributed by atoms with Crippen molar-refractivity contribution < 1.29 is 10.0 Å². The Morgan fingerprint density at radius 2 is 1.84 bits per heavy atom. The quantitative estimate of drug-likeness (QED) is 0.571. The third-order valence-electron chi connectivity index (χ3n) is 4.20. The number of hydrogen-bond donors (Lipinski definition) is 4. The lowest BCUT2D eigenvalue weighted by molar-refractivity contribution is -0.122. The third kappa shape index (κ3) is 4.32. The van der Waals surface area contributed by atoms with Crippen LogP contribution >= 0.6 is 0 Å². The van der Waals surface area contributed by atoms with Gasteiger partial charge in [0.2, 0.25) is 17.8 Å². The Bertz CT molecular complexity index is 718. The van der Waals surface area contributed by atoms with Gasteiger partial charge in [0.25, 0.3) is 5.95 Å². The molecule has 0 bridgehead atoms. The van der Waals surface area contributed by atoms with Gasteiger partial charge in [-0.1, -0.05) is 30.3 Å². The van der Waals surface area contributed by atoms with E-state index in [1.165, 1.54) is 0 Å². The van der Waals surface area contributed by atoms with Crippen molar-refractivity contribution in [1.82, 2.24) is 15.0 Å². The standard InChI is InChI=1S/C16H21N7O2/c17-13(24)12-6-8-23(9-7-12)16-20-14(19-15(21-16)22-25)18-10-11-4-2-1-3-5-11/h1-5,12,25H,6-10H2,(H2,17,24)(H2,18,19,20,21,22). The van der Waals surface area contributed by atoms with E-state index in [1.54, 1.807) is 0 Å². The summed E-state index contributed by atoms with van der Waals surface area (Å²) in [7, 11) is 0. The molecule has 5 N–H and O–H groups in total. The first kappa shape index (κ1) is 16.9. The van der Waals surface area contributed by atoms with Crippen LogP contribution in [0.1, 0.15) is 18.4 Å². The van der Waals surface area contributed by atoms with Gasteiger partial charge in [0.15, 0.2) is 0 Å². The number of piperidine rings is 1. The number of anilines is 3. The predicted octanol–water partition coefficient (Wildman–Crippen LogP) is 0.986. The minimum Gasteiger partial charge on any atom is -0.369 e. The van der Waals surface area contributed by atoms with E-state index in [4.69, 9.17) is 5.73 Å². The van der Waals surface area contributed by atoms with Crippen molar-refractivity contribution in [2.24, 2.45) is 11.7 Å². The summed E-state index contributed by atoms with van der Waals surface area (Å²) in [5.74, 6) is 0.507. The number of nitrogens with zero attached hydrogens (tertiary/aromatic N) is 4. The average Bonchev–Trinajstić information content (AvgIpc) is 2.67. The fourth-order valence-electron chi connectivity index (χ4n) is 2.78. The Morgan fingerprint density at radius 3 is 2.48 bits per heavy atom. The van der Waals surface area contributed by atoms with Crippen molar-refractivity contribution in [3.05, 3.63) is 35.9 Å². The number of carbonyl (C=O) groups excluding carboxylic acids is 1. The van der Waals surface area contributed by atoms with E-state index >= 15 is 0 Å². The molecule has 2 aromatic rings. The summed E-state index contributed by atoms with van der Waals surface area (Å²) < 4.78 is 0. The molecule has 9 nitrogen and oxygen atoms in total. The van der Waals surface area contributed by atoms with Crippen LogP contribution in [0.3, 0.4) is 0 Å². The van der Waals surface area contributed by atoms with Gasteiger partial charge in [0.1, 0.15) is 0 Å². The van der Waals surface area contributed by atoms with Gasteiger partial charge < -0.3 is 16.0 Å². The zero-order valence-corrected chi connectivity index (χ0v) is 13.7. The number of aromatic nitrogens is 3. The number of nitrogens with one attached hydrogen (secondary N) is 2. The Kier molecular flexibility index (Phi) is 5.24. The lowest BCUT2D eigenvalue weighted by Crippen LogP contribution is -2.39. The Balaban J connectivity index is 1.71. The van der Waals surface area contributed by atoms with Crippen molar-refractivity contribution in [1.29, 1.82) is 0 Å². The minimum absolute atomic E-state index is 0.0672. The molecule has 0 aliphatic carbocycles. The first-order valence-corrected chi connectivity index (χ1v) is 8.14. The second-order valence-electron chi connectivity index (χ2n) is 5.90. The summed E-state index contributed by atoms with van der Waals surface area (Å²) in [5.41, 5.74) is 8.42. The monoisotopic (exact) mass is 343 g/mol. The molecular formula is C16H21N7O2. The molecular weight excluding hydrogens is 322 g/mol. The molecule has 0 atom stereocenters. The first-order chi connectivity index (χ1) is 12.2. The van der Waals surface area contributed by atoms with Crippen LogP contribution in [0.4, 0.5) is 17.8 Å². The number of rotatable bonds is 6. The molecule has 25 heavy (non-hydrogen) atoms. The lowest BCUT2D eigenvalue weighted by Gasteiger charge is -2.30. The molecule has 2 heterocycles. The molecule has 1 saturated heterocycles. The highest BCUT2D eigenvalue weighted by molar-refractivity contribution is 5.76. The second kappa shape index (κ2) is 7.75. The average molecular weight is 343 g/mol. The van der Waals surface area contributed by atoms with E-state index in [2.05, 4.69) is 20.3 Å². The molecule has 0 saturated carbocycles. The fourth-order valence-corrected chi connectivity index (χ4v) is 2.78. The van der Waals surface area contributed by atoms with Crippen molar-refractivity contribution in [2.75, 3.05) is 28.8 Å². The zero-order chi connectivity index (χ0) is 17.6. The summed E-state index contributed by atoms with van der Waals surface area (Å²) >= 11 is 0. The normalized spacial score (nSPS) is 15.0. The maximum absolute atomic E-state index is 11.3. The number of primary amides is 1. The van der Waals surface area contributed by atoms with Gasteiger partial charge in [0, 0.05) is 25.6 Å². The van der Waals surface area contributed by atoms with Crippen LogP contribution in [0.25, 0.3) is 0 Å². The van der Waals surface area contributed by atoms with Crippen LogP contribution < -0.4 is 21.4 Å². The second-order valence-corrected chi connectivity index (χ2v) is 5.90. The fraction of sp³-hybridized carbons (Fsp3) is 0.375.